The summed E-state index contributed by atoms with van der Waals surface area (Å²) >= 11 is 0. The van der Waals surface area contributed by atoms with Crippen molar-refractivity contribution in [2.24, 2.45) is 5.73 Å². The first-order valence-corrected chi connectivity index (χ1v) is 3.98. The second kappa shape index (κ2) is 2.64. The zero-order valence-corrected chi connectivity index (χ0v) is 6.77. The summed E-state index contributed by atoms with van der Waals surface area (Å²) in [4.78, 5) is 6.31. The summed E-state index contributed by atoms with van der Waals surface area (Å²) in [5, 5.41) is 0. The van der Waals surface area contributed by atoms with Crippen LogP contribution in [0.4, 0.5) is 11.5 Å². The lowest BCUT2D eigenvalue weighted by Crippen LogP contribution is -2.56. The van der Waals surface area contributed by atoms with Crippen molar-refractivity contribution < 1.29 is 0 Å². The topological polar surface area (TPSA) is 68.2 Å². The molecule has 1 aliphatic rings. The van der Waals surface area contributed by atoms with E-state index in [1.165, 1.54) is 0 Å². The van der Waals surface area contributed by atoms with E-state index in [1.807, 2.05) is 12.1 Å². The van der Waals surface area contributed by atoms with Gasteiger partial charge >= 0.3 is 0 Å². The highest BCUT2D eigenvalue weighted by atomic mass is 15.3. The molecule has 2 rings (SSSR count). The molecule has 0 aromatic carbocycles. The van der Waals surface area contributed by atoms with Gasteiger partial charge in [0.25, 0.3) is 0 Å². The predicted octanol–water partition coefficient (Wildman–Crippen LogP) is -0.189. The van der Waals surface area contributed by atoms with Gasteiger partial charge in [-0.3, -0.25) is 0 Å². The fourth-order valence-corrected chi connectivity index (χ4v) is 1.28. The summed E-state index contributed by atoms with van der Waals surface area (Å²) in [5.74, 6) is 0.964. The van der Waals surface area contributed by atoms with Crippen LogP contribution in [0, 0.1) is 0 Å². The molecule has 1 aromatic rings. The molecular weight excluding hydrogens is 152 g/mol. The lowest BCUT2D eigenvalue weighted by molar-refractivity contribution is 0.514. The highest BCUT2D eigenvalue weighted by molar-refractivity contribution is 5.47. The molecule has 64 valence electrons. The molecule has 12 heavy (non-hydrogen) atoms. The van der Waals surface area contributed by atoms with Crippen molar-refractivity contribution in [2.75, 3.05) is 23.7 Å². The molecule has 0 bridgehead atoms. The number of anilines is 2. The normalized spacial score (nSPS) is 17.6. The predicted molar refractivity (Wildman–Crippen MR) is 48.8 cm³/mol. The average molecular weight is 164 g/mol. The number of hydrogen-bond acceptors (Lipinski definition) is 4. The van der Waals surface area contributed by atoms with Gasteiger partial charge in [-0.15, -0.1) is 0 Å². The van der Waals surface area contributed by atoms with Crippen LogP contribution in [0.5, 0.6) is 0 Å². The maximum Gasteiger partial charge on any atom is 0.128 e. The minimum atomic E-state index is 0.310. The van der Waals surface area contributed by atoms with Gasteiger partial charge in [-0.2, -0.15) is 0 Å². The molecule has 1 aliphatic heterocycles. The Morgan fingerprint density at radius 3 is 2.67 bits per heavy atom. The molecule has 0 radical (unpaired) electrons. The van der Waals surface area contributed by atoms with Gasteiger partial charge in [0.2, 0.25) is 0 Å². The van der Waals surface area contributed by atoms with Crippen LogP contribution in [-0.2, 0) is 0 Å². The van der Waals surface area contributed by atoms with Crippen molar-refractivity contribution in [2.45, 2.75) is 6.04 Å². The van der Waals surface area contributed by atoms with Crippen LogP contribution < -0.4 is 16.4 Å². The van der Waals surface area contributed by atoms with Crippen molar-refractivity contribution in [3.05, 3.63) is 18.3 Å². The van der Waals surface area contributed by atoms with Gasteiger partial charge in [-0.25, -0.2) is 4.98 Å². The standard InChI is InChI=1S/C8H12N4/c9-6-1-2-8(11-3-6)12-4-7(10)5-12/h1-3,7H,4-5,9-10H2. The summed E-state index contributed by atoms with van der Waals surface area (Å²) in [6, 6.07) is 4.08. The van der Waals surface area contributed by atoms with Gasteiger partial charge in [-0.1, -0.05) is 0 Å². The van der Waals surface area contributed by atoms with Crippen LogP contribution in [0.3, 0.4) is 0 Å². The molecule has 0 spiro atoms. The number of nitrogens with two attached hydrogens (primary N) is 2. The van der Waals surface area contributed by atoms with Crippen LogP contribution in [0.1, 0.15) is 0 Å². The zero-order valence-electron chi connectivity index (χ0n) is 6.77. The quantitative estimate of drug-likeness (QED) is 0.603. The molecule has 4 N–H and O–H groups in total. The van der Waals surface area contributed by atoms with Crippen molar-refractivity contribution in [1.29, 1.82) is 0 Å². The zero-order chi connectivity index (χ0) is 8.55. The summed E-state index contributed by atoms with van der Waals surface area (Å²) < 4.78 is 0. The Bertz CT molecular complexity index is 263. The van der Waals surface area contributed by atoms with Crippen LogP contribution in [0.2, 0.25) is 0 Å². The number of aromatic nitrogens is 1. The molecule has 0 atom stereocenters. The minimum Gasteiger partial charge on any atom is -0.397 e. The molecule has 0 aliphatic carbocycles. The van der Waals surface area contributed by atoms with Crippen LogP contribution in [0.15, 0.2) is 18.3 Å². The number of nitrogen functional groups attached to an aromatic ring is 1. The van der Waals surface area contributed by atoms with E-state index in [0.29, 0.717) is 11.7 Å². The molecule has 4 nitrogen and oxygen atoms in total. The first-order valence-electron chi connectivity index (χ1n) is 3.98. The molecule has 0 amide bonds. The molecule has 2 heterocycles. The number of hydrogen-bond donors (Lipinski definition) is 2. The second-order valence-corrected chi connectivity index (χ2v) is 3.11. The Morgan fingerprint density at radius 2 is 2.17 bits per heavy atom. The minimum absolute atomic E-state index is 0.310. The maximum absolute atomic E-state index is 5.64. The molecule has 1 saturated heterocycles. The molecule has 0 unspecified atom stereocenters. The molecule has 0 saturated carbocycles. The number of rotatable bonds is 1. The summed E-state index contributed by atoms with van der Waals surface area (Å²) in [5.41, 5.74) is 11.8. The monoisotopic (exact) mass is 164 g/mol. The van der Waals surface area contributed by atoms with Gasteiger partial charge in [-0.05, 0) is 12.1 Å². The third kappa shape index (κ3) is 1.21. The van der Waals surface area contributed by atoms with E-state index < -0.39 is 0 Å². The van der Waals surface area contributed by atoms with Gasteiger partial charge < -0.3 is 16.4 Å². The first-order chi connectivity index (χ1) is 5.75. The Balaban J connectivity index is 2.09. The van der Waals surface area contributed by atoms with Crippen molar-refractivity contribution >= 4 is 11.5 Å². The van der Waals surface area contributed by atoms with Gasteiger partial charge in [0.1, 0.15) is 5.82 Å². The summed E-state index contributed by atoms with van der Waals surface area (Å²) in [6.07, 6.45) is 1.67. The molecule has 4 heteroatoms. The van der Waals surface area contributed by atoms with Crippen LogP contribution in [-0.4, -0.2) is 24.1 Å². The fraction of sp³-hybridized carbons (Fsp3) is 0.375. The largest absolute Gasteiger partial charge is 0.397 e. The average Bonchev–Trinajstić information content (AvgIpc) is 2.01. The first kappa shape index (κ1) is 7.36. The van der Waals surface area contributed by atoms with E-state index >= 15 is 0 Å². The smallest absolute Gasteiger partial charge is 0.128 e. The summed E-state index contributed by atoms with van der Waals surface area (Å²) in [6.45, 7) is 1.80. The Kier molecular flexibility index (Phi) is 1.62. The Morgan fingerprint density at radius 1 is 1.42 bits per heavy atom. The Labute approximate surface area is 71.2 Å². The van der Waals surface area contributed by atoms with Crippen molar-refractivity contribution in [1.82, 2.24) is 4.98 Å². The van der Waals surface area contributed by atoms with E-state index in [0.717, 1.165) is 18.9 Å². The van der Waals surface area contributed by atoms with E-state index in [2.05, 4.69) is 9.88 Å². The molecular formula is C8H12N4. The second-order valence-electron chi connectivity index (χ2n) is 3.11. The third-order valence-electron chi connectivity index (χ3n) is 2.00. The highest BCUT2D eigenvalue weighted by Crippen LogP contribution is 2.17. The number of nitrogens with zero attached hydrogens (tertiary/aromatic N) is 2. The summed E-state index contributed by atoms with van der Waals surface area (Å²) in [7, 11) is 0. The maximum atomic E-state index is 5.64. The van der Waals surface area contributed by atoms with E-state index in [-0.39, 0.29) is 0 Å². The molecule has 1 aromatic heterocycles. The van der Waals surface area contributed by atoms with Crippen molar-refractivity contribution in [3.63, 3.8) is 0 Å². The third-order valence-corrected chi connectivity index (χ3v) is 2.00. The van der Waals surface area contributed by atoms with Crippen LogP contribution >= 0.6 is 0 Å². The molecule has 1 fully saturated rings. The van der Waals surface area contributed by atoms with Crippen LogP contribution in [0.25, 0.3) is 0 Å². The fourth-order valence-electron chi connectivity index (χ4n) is 1.28. The van der Waals surface area contributed by atoms with Gasteiger partial charge in [0.15, 0.2) is 0 Å². The lowest BCUT2D eigenvalue weighted by Gasteiger charge is -2.37. The van der Waals surface area contributed by atoms with E-state index in [9.17, 15) is 0 Å². The number of pyridine rings is 1. The highest BCUT2D eigenvalue weighted by Gasteiger charge is 2.23. The van der Waals surface area contributed by atoms with Crippen molar-refractivity contribution in [3.8, 4) is 0 Å². The SMILES string of the molecule is Nc1ccc(N2CC(N)C2)nc1. The van der Waals surface area contributed by atoms with Gasteiger partial charge in [0.05, 0.1) is 11.9 Å². The Hall–Kier alpha value is -1.29. The van der Waals surface area contributed by atoms with E-state index in [4.69, 9.17) is 11.5 Å². The van der Waals surface area contributed by atoms with E-state index in [1.54, 1.807) is 6.20 Å². The lowest BCUT2D eigenvalue weighted by atomic mass is 10.1. The van der Waals surface area contributed by atoms with Gasteiger partial charge in [0, 0.05) is 19.1 Å².